The zero-order chi connectivity index (χ0) is 20.9. The Morgan fingerprint density at radius 3 is 1.37 bits per heavy atom. The van der Waals surface area contributed by atoms with Gasteiger partial charge in [-0.2, -0.15) is 0 Å². The van der Waals surface area contributed by atoms with Crippen LogP contribution in [0, 0.1) is 0 Å². The van der Waals surface area contributed by atoms with E-state index in [1.165, 1.54) is 5.56 Å². The van der Waals surface area contributed by atoms with Crippen LogP contribution in [0.15, 0.2) is 91.0 Å². The lowest BCUT2D eigenvalue weighted by Crippen LogP contribution is -2.32. The minimum Gasteiger partial charge on any atom is -0.390 e. The first-order chi connectivity index (χ1) is 14.7. The van der Waals surface area contributed by atoms with Gasteiger partial charge in [-0.1, -0.05) is 91.0 Å². The van der Waals surface area contributed by atoms with Gasteiger partial charge in [-0.15, -0.1) is 0 Å². The summed E-state index contributed by atoms with van der Waals surface area (Å²) in [7, 11) is 0. The molecule has 3 aromatic carbocycles. The molecule has 0 amide bonds. The van der Waals surface area contributed by atoms with Crippen molar-refractivity contribution in [1.82, 2.24) is 0 Å². The number of aryl methyl sites for hydroxylation is 1. The van der Waals surface area contributed by atoms with Crippen molar-refractivity contribution in [2.75, 3.05) is 13.2 Å². The maximum absolute atomic E-state index is 11.3. The van der Waals surface area contributed by atoms with E-state index in [0.717, 1.165) is 17.5 Å². The molecule has 0 aliphatic heterocycles. The Hall–Kier alpha value is -2.46. The topological polar surface area (TPSA) is 38.7 Å². The predicted octanol–water partition coefficient (Wildman–Crippen LogP) is 5.56. The number of benzene rings is 3. The fourth-order valence-corrected chi connectivity index (χ4v) is 3.45. The highest BCUT2D eigenvalue weighted by molar-refractivity contribution is 5.16. The lowest BCUT2D eigenvalue weighted by molar-refractivity contribution is -0.0366. The van der Waals surface area contributed by atoms with E-state index < -0.39 is 5.60 Å². The zero-order valence-corrected chi connectivity index (χ0v) is 17.6. The third-order valence-electron chi connectivity index (χ3n) is 5.37. The van der Waals surface area contributed by atoms with Crippen molar-refractivity contribution in [3.63, 3.8) is 0 Å². The second-order valence-corrected chi connectivity index (χ2v) is 7.79. The summed E-state index contributed by atoms with van der Waals surface area (Å²) in [5.41, 5.74) is 2.74. The molecule has 0 fully saturated rings. The Morgan fingerprint density at radius 2 is 0.933 bits per heavy atom. The van der Waals surface area contributed by atoms with Gasteiger partial charge >= 0.3 is 0 Å². The number of aliphatic hydroxyl groups is 1. The SMILES string of the molecule is OC(CCOCc1ccccc1)(CCOCc1ccccc1)CCc1ccccc1. The molecule has 0 aliphatic carbocycles. The second kappa shape index (κ2) is 12.3. The van der Waals surface area contributed by atoms with Crippen LogP contribution in [-0.2, 0) is 29.1 Å². The fraction of sp³-hybridized carbons (Fsp3) is 0.333. The predicted molar refractivity (Wildman–Crippen MR) is 121 cm³/mol. The van der Waals surface area contributed by atoms with Gasteiger partial charge in [-0.25, -0.2) is 0 Å². The van der Waals surface area contributed by atoms with Gasteiger partial charge in [-0.3, -0.25) is 0 Å². The molecule has 158 valence electrons. The minimum atomic E-state index is -0.802. The zero-order valence-electron chi connectivity index (χ0n) is 17.6. The number of rotatable bonds is 13. The Morgan fingerprint density at radius 1 is 0.533 bits per heavy atom. The van der Waals surface area contributed by atoms with Gasteiger partial charge < -0.3 is 14.6 Å². The molecule has 30 heavy (non-hydrogen) atoms. The summed E-state index contributed by atoms with van der Waals surface area (Å²) in [6.45, 7) is 2.19. The summed E-state index contributed by atoms with van der Waals surface area (Å²) in [6.07, 6.45) is 2.73. The van der Waals surface area contributed by atoms with Crippen LogP contribution in [0.4, 0.5) is 0 Å². The van der Waals surface area contributed by atoms with Crippen molar-refractivity contribution in [1.29, 1.82) is 0 Å². The smallest absolute Gasteiger partial charge is 0.0716 e. The maximum Gasteiger partial charge on any atom is 0.0716 e. The van der Waals surface area contributed by atoms with Crippen LogP contribution in [0.3, 0.4) is 0 Å². The molecule has 0 aromatic heterocycles. The van der Waals surface area contributed by atoms with Crippen LogP contribution in [-0.4, -0.2) is 23.9 Å². The lowest BCUT2D eigenvalue weighted by atomic mass is 9.89. The molecule has 0 atom stereocenters. The van der Waals surface area contributed by atoms with Gasteiger partial charge in [0.1, 0.15) is 0 Å². The van der Waals surface area contributed by atoms with Gasteiger partial charge in [0, 0.05) is 13.2 Å². The summed E-state index contributed by atoms with van der Waals surface area (Å²) >= 11 is 0. The van der Waals surface area contributed by atoms with Crippen LogP contribution in [0.5, 0.6) is 0 Å². The van der Waals surface area contributed by atoms with Gasteiger partial charge in [0.2, 0.25) is 0 Å². The number of hydrogen-bond donors (Lipinski definition) is 1. The molecule has 3 aromatic rings. The van der Waals surface area contributed by atoms with Crippen LogP contribution >= 0.6 is 0 Å². The number of hydrogen-bond acceptors (Lipinski definition) is 3. The summed E-state index contributed by atoms with van der Waals surface area (Å²) in [5.74, 6) is 0. The third-order valence-corrected chi connectivity index (χ3v) is 5.37. The monoisotopic (exact) mass is 404 g/mol. The molecule has 1 N–H and O–H groups in total. The van der Waals surface area contributed by atoms with Crippen LogP contribution in [0.2, 0.25) is 0 Å². The molecular formula is C27H32O3. The largest absolute Gasteiger partial charge is 0.390 e. The third kappa shape index (κ3) is 8.11. The first-order valence-corrected chi connectivity index (χ1v) is 10.7. The molecule has 0 unspecified atom stereocenters. The molecule has 3 nitrogen and oxygen atoms in total. The Balaban J connectivity index is 1.47. The summed E-state index contributed by atoms with van der Waals surface area (Å²) in [5, 5.41) is 11.3. The molecule has 0 radical (unpaired) electrons. The van der Waals surface area contributed by atoms with Crippen LogP contribution < -0.4 is 0 Å². The highest BCUT2D eigenvalue weighted by Crippen LogP contribution is 2.23. The molecule has 0 spiro atoms. The van der Waals surface area contributed by atoms with Gasteiger partial charge in [0.25, 0.3) is 0 Å². The van der Waals surface area contributed by atoms with E-state index in [0.29, 0.717) is 45.7 Å². The molecule has 0 saturated heterocycles. The first-order valence-electron chi connectivity index (χ1n) is 10.7. The minimum absolute atomic E-state index is 0.527. The van der Waals surface area contributed by atoms with E-state index in [9.17, 15) is 5.11 Å². The Kier molecular flexibility index (Phi) is 9.10. The second-order valence-electron chi connectivity index (χ2n) is 7.79. The average molecular weight is 405 g/mol. The molecule has 0 heterocycles. The fourth-order valence-electron chi connectivity index (χ4n) is 3.45. The van der Waals surface area contributed by atoms with E-state index in [-0.39, 0.29) is 0 Å². The lowest BCUT2D eigenvalue weighted by Gasteiger charge is -2.28. The van der Waals surface area contributed by atoms with E-state index in [4.69, 9.17) is 9.47 Å². The van der Waals surface area contributed by atoms with Crippen molar-refractivity contribution in [3.8, 4) is 0 Å². The molecule has 3 rings (SSSR count). The van der Waals surface area contributed by atoms with E-state index in [2.05, 4.69) is 36.4 Å². The van der Waals surface area contributed by atoms with Gasteiger partial charge in [-0.05, 0) is 42.4 Å². The van der Waals surface area contributed by atoms with Crippen molar-refractivity contribution < 1.29 is 14.6 Å². The van der Waals surface area contributed by atoms with E-state index in [1.54, 1.807) is 0 Å². The van der Waals surface area contributed by atoms with Gasteiger partial charge in [0.05, 0.1) is 18.8 Å². The van der Waals surface area contributed by atoms with E-state index in [1.807, 2.05) is 54.6 Å². The first kappa shape index (κ1) is 22.2. The number of ether oxygens (including phenoxy) is 2. The summed E-state index contributed by atoms with van der Waals surface area (Å²) in [4.78, 5) is 0. The molecule has 3 heteroatoms. The Bertz CT molecular complexity index is 771. The molecule has 0 aliphatic rings. The van der Waals surface area contributed by atoms with Crippen molar-refractivity contribution in [3.05, 3.63) is 108 Å². The summed E-state index contributed by atoms with van der Waals surface area (Å²) in [6, 6.07) is 30.6. The quantitative estimate of drug-likeness (QED) is 0.379. The van der Waals surface area contributed by atoms with Crippen LogP contribution in [0.1, 0.15) is 36.0 Å². The van der Waals surface area contributed by atoms with Crippen molar-refractivity contribution >= 4 is 0 Å². The highest BCUT2D eigenvalue weighted by atomic mass is 16.5. The molecule has 0 bridgehead atoms. The standard InChI is InChI=1S/C27H32O3/c28-27(17-16-24-10-4-1-5-11-24,18-20-29-22-25-12-6-2-7-13-25)19-21-30-23-26-14-8-3-9-15-26/h1-15,28H,16-23H2. The maximum atomic E-state index is 11.3. The Labute approximate surface area is 180 Å². The normalized spacial score (nSPS) is 11.5. The molecular weight excluding hydrogens is 372 g/mol. The molecule has 0 saturated carbocycles. The summed E-state index contributed by atoms with van der Waals surface area (Å²) < 4.78 is 11.7. The van der Waals surface area contributed by atoms with Crippen LogP contribution in [0.25, 0.3) is 0 Å². The average Bonchev–Trinajstić information content (AvgIpc) is 2.81. The van der Waals surface area contributed by atoms with Gasteiger partial charge in [0.15, 0.2) is 0 Å². The van der Waals surface area contributed by atoms with E-state index >= 15 is 0 Å². The van der Waals surface area contributed by atoms with Crippen molar-refractivity contribution in [2.45, 2.75) is 44.5 Å². The van der Waals surface area contributed by atoms with Crippen molar-refractivity contribution in [2.24, 2.45) is 0 Å². The highest BCUT2D eigenvalue weighted by Gasteiger charge is 2.26.